The van der Waals surface area contributed by atoms with E-state index in [1.54, 1.807) is 0 Å². The third kappa shape index (κ3) is 2.56. The van der Waals surface area contributed by atoms with Crippen LogP contribution in [0.1, 0.15) is 43.4 Å². The highest BCUT2D eigenvalue weighted by molar-refractivity contribution is 5.16. The van der Waals surface area contributed by atoms with E-state index >= 15 is 0 Å². The molecule has 1 aromatic heterocycles. The summed E-state index contributed by atoms with van der Waals surface area (Å²) in [5.41, 5.74) is 2.60. The van der Waals surface area contributed by atoms with Gasteiger partial charge in [0.15, 0.2) is 0 Å². The first-order chi connectivity index (χ1) is 9.17. The highest BCUT2D eigenvalue weighted by Gasteiger charge is 2.37. The minimum absolute atomic E-state index is 0.724. The van der Waals surface area contributed by atoms with Crippen molar-refractivity contribution in [1.29, 1.82) is 0 Å². The lowest BCUT2D eigenvalue weighted by Crippen LogP contribution is -2.55. The fourth-order valence-electron chi connectivity index (χ4n) is 3.97. The fraction of sp³-hybridized carbons (Fsp3) is 0.800. The molecule has 1 N–H and O–H groups in total. The number of hydrogen-bond acceptors (Lipinski definition) is 3. The van der Waals surface area contributed by atoms with Gasteiger partial charge < -0.3 is 5.32 Å². The molecule has 0 aliphatic carbocycles. The summed E-state index contributed by atoms with van der Waals surface area (Å²) in [4.78, 5) is 2.75. The van der Waals surface area contributed by atoms with E-state index in [1.807, 2.05) is 11.7 Å². The Hall–Kier alpha value is -0.870. The van der Waals surface area contributed by atoms with Crippen LogP contribution >= 0.6 is 0 Å². The molecule has 106 valence electrons. The quantitative estimate of drug-likeness (QED) is 0.902. The molecule has 2 bridgehead atoms. The molecule has 4 heteroatoms. The summed E-state index contributed by atoms with van der Waals surface area (Å²) < 4.78 is 1.95. The molecule has 2 aliphatic heterocycles. The largest absolute Gasteiger partial charge is 0.317 e. The third-order valence-corrected chi connectivity index (χ3v) is 5.00. The van der Waals surface area contributed by atoms with Crippen molar-refractivity contribution in [2.75, 3.05) is 7.05 Å². The molecule has 4 nitrogen and oxygen atoms in total. The van der Waals surface area contributed by atoms with Crippen molar-refractivity contribution >= 4 is 0 Å². The summed E-state index contributed by atoms with van der Waals surface area (Å²) in [5, 5.41) is 7.97. The van der Waals surface area contributed by atoms with Gasteiger partial charge in [0, 0.05) is 43.5 Å². The zero-order valence-corrected chi connectivity index (χ0v) is 12.4. The molecule has 19 heavy (non-hydrogen) atoms. The monoisotopic (exact) mass is 262 g/mol. The number of rotatable bonds is 3. The second-order valence-electron chi connectivity index (χ2n) is 6.28. The van der Waals surface area contributed by atoms with Gasteiger partial charge in [-0.15, -0.1) is 0 Å². The highest BCUT2D eigenvalue weighted by atomic mass is 15.3. The molecule has 2 unspecified atom stereocenters. The van der Waals surface area contributed by atoms with Crippen LogP contribution in [0.15, 0.2) is 6.20 Å². The first kappa shape index (κ1) is 13.1. The maximum atomic E-state index is 4.48. The van der Waals surface area contributed by atoms with Gasteiger partial charge in [0.05, 0.1) is 5.69 Å². The van der Waals surface area contributed by atoms with E-state index < -0.39 is 0 Å². The minimum atomic E-state index is 0.724. The van der Waals surface area contributed by atoms with Crippen molar-refractivity contribution in [3.05, 3.63) is 17.5 Å². The highest BCUT2D eigenvalue weighted by Crippen LogP contribution is 2.35. The number of fused-ring (bicyclic) bond motifs is 2. The van der Waals surface area contributed by atoms with E-state index in [-0.39, 0.29) is 0 Å². The number of hydrogen-bond donors (Lipinski definition) is 1. The van der Waals surface area contributed by atoms with Gasteiger partial charge in [0.1, 0.15) is 0 Å². The zero-order valence-electron chi connectivity index (χ0n) is 12.4. The van der Waals surface area contributed by atoms with Gasteiger partial charge in [-0.2, -0.15) is 5.10 Å². The molecule has 0 saturated carbocycles. The molecule has 1 aromatic rings. The van der Waals surface area contributed by atoms with E-state index in [9.17, 15) is 0 Å². The van der Waals surface area contributed by atoms with Gasteiger partial charge in [-0.1, -0.05) is 6.42 Å². The number of aryl methyl sites for hydroxylation is 2. The lowest BCUT2D eigenvalue weighted by atomic mass is 9.81. The molecule has 0 radical (unpaired) electrons. The number of aromatic nitrogens is 2. The van der Waals surface area contributed by atoms with Crippen LogP contribution in [0, 0.1) is 6.92 Å². The maximum Gasteiger partial charge on any atom is 0.0638 e. The minimum Gasteiger partial charge on any atom is -0.317 e. The molecule has 3 heterocycles. The van der Waals surface area contributed by atoms with Crippen LogP contribution in [0.2, 0.25) is 0 Å². The van der Waals surface area contributed by atoms with Gasteiger partial charge in [0.25, 0.3) is 0 Å². The molecule has 0 amide bonds. The maximum absolute atomic E-state index is 4.48. The summed E-state index contributed by atoms with van der Waals surface area (Å²) >= 11 is 0. The summed E-state index contributed by atoms with van der Waals surface area (Å²) in [6.45, 7) is 3.22. The second-order valence-corrected chi connectivity index (χ2v) is 6.28. The molecule has 2 fully saturated rings. The van der Waals surface area contributed by atoms with Crippen molar-refractivity contribution in [2.45, 2.75) is 63.7 Å². The second kappa shape index (κ2) is 5.25. The predicted molar refractivity (Wildman–Crippen MR) is 77.0 cm³/mol. The summed E-state index contributed by atoms with van der Waals surface area (Å²) in [6, 6.07) is 2.26. The third-order valence-electron chi connectivity index (χ3n) is 5.00. The molecule has 2 saturated heterocycles. The molecule has 2 atom stereocenters. The smallest absolute Gasteiger partial charge is 0.0638 e. The average Bonchev–Trinajstić information content (AvgIpc) is 2.67. The Morgan fingerprint density at radius 1 is 1.32 bits per heavy atom. The van der Waals surface area contributed by atoms with Crippen LogP contribution in [-0.4, -0.2) is 39.9 Å². The SMILES string of the molecule is CNC1CC2CCCC(C1)N2Cc1cn(C)nc1C. The van der Waals surface area contributed by atoms with Gasteiger partial charge in [0.2, 0.25) is 0 Å². The van der Waals surface area contributed by atoms with Gasteiger partial charge in [-0.25, -0.2) is 0 Å². The molecule has 0 aromatic carbocycles. The van der Waals surface area contributed by atoms with Crippen LogP contribution in [-0.2, 0) is 13.6 Å². The molecular weight excluding hydrogens is 236 g/mol. The number of nitrogens with zero attached hydrogens (tertiary/aromatic N) is 3. The molecule has 2 aliphatic rings. The van der Waals surface area contributed by atoms with Gasteiger partial charge >= 0.3 is 0 Å². The first-order valence-corrected chi connectivity index (χ1v) is 7.59. The first-order valence-electron chi connectivity index (χ1n) is 7.59. The normalized spacial score (nSPS) is 31.6. The molecular formula is C15H26N4. The Morgan fingerprint density at radius 2 is 2.00 bits per heavy atom. The summed E-state index contributed by atoms with van der Waals surface area (Å²) in [7, 11) is 4.13. The van der Waals surface area contributed by atoms with Gasteiger partial charge in [-0.05, 0) is 39.7 Å². The fourth-order valence-corrected chi connectivity index (χ4v) is 3.97. The summed E-state index contributed by atoms with van der Waals surface area (Å²) in [6.07, 6.45) is 8.96. The number of piperidine rings is 2. The van der Waals surface area contributed by atoms with Crippen molar-refractivity contribution < 1.29 is 0 Å². The van der Waals surface area contributed by atoms with E-state index in [4.69, 9.17) is 0 Å². The zero-order chi connectivity index (χ0) is 13.4. The van der Waals surface area contributed by atoms with Crippen molar-refractivity contribution in [3.8, 4) is 0 Å². The van der Waals surface area contributed by atoms with Crippen LogP contribution in [0.3, 0.4) is 0 Å². The topological polar surface area (TPSA) is 33.1 Å². The summed E-state index contributed by atoms with van der Waals surface area (Å²) in [5.74, 6) is 0. The lowest BCUT2D eigenvalue weighted by molar-refractivity contribution is 0.0189. The predicted octanol–water partition coefficient (Wildman–Crippen LogP) is 1.83. The standard InChI is InChI=1S/C15H26N4/c1-11-12(9-18(3)17-11)10-19-14-5-4-6-15(19)8-13(7-14)16-2/h9,13-16H,4-8,10H2,1-3H3. The van der Waals surface area contributed by atoms with Crippen LogP contribution in [0.4, 0.5) is 0 Å². The van der Waals surface area contributed by atoms with Crippen LogP contribution in [0.5, 0.6) is 0 Å². The Morgan fingerprint density at radius 3 is 2.53 bits per heavy atom. The Labute approximate surface area is 116 Å². The van der Waals surface area contributed by atoms with Crippen molar-refractivity contribution in [1.82, 2.24) is 20.0 Å². The average molecular weight is 262 g/mol. The Bertz CT molecular complexity index is 425. The van der Waals surface area contributed by atoms with Gasteiger partial charge in [-0.3, -0.25) is 9.58 Å². The Kier molecular flexibility index (Phi) is 3.63. The van der Waals surface area contributed by atoms with Crippen LogP contribution in [0.25, 0.3) is 0 Å². The Balaban J connectivity index is 1.75. The number of nitrogens with one attached hydrogen (secondary N) is 1. The molecule has 0 spiro atoms. The van der Waals surface area contributed by atoms with Crippen LogP contribution < -0.4 is 5.32 Å². The van der Waals surface area contributed by atoms with E-state index in [0.29, 0.717) is 0 Å². The van der Waals surface area contributed by atoms with E-state index in [2.05, 4.69) is 35.5 Å². The van der Waals surface area contributed by atoms with E-state index in [1.165, 1.54) is 43.4 Å². The molecule has 3 rings (SSSR count). The van der Waals surface area contributed by atoms with Crippen molar-refractivity contribution in [2.24, 2.45) is 7.05 Å². The van der Waals surface area contributed by atoms with Crippen molar-refractivity contribution in [3.63, 3.8) is 0 Å². The lowest BCUT2D eigenvalue weighted by Gasteiger charge is -2.49. The van der Waals surface area contributed by atoms with E-state index in [0.717, 1.165) is 24.7 Å².